The SMILES string of the molecule is CC(C)Oc1ccc(S(=O)(=O)N2CCOCC2)cc1NC(=O)CN1CCCc2cccc(F)c21. The largest absolute Gasteiger partial charge is 0.489 e. The summed E-state index contributed by atoms with van der Waals surface area (Å²) in [5.41, 5.74) is 1.59. The van der Waals surface area contributed by atoms with E-state index < -0.39 is 10.0 Å². The fraction of sp³-hybridized carbons (Fsp3) is 0.458. The summed E-state index contributed by atoms with van der Waals surface area (Å²) in [5, 5.41) is 2.79. The van der Waals surface area contributed by atoms with E-state index in [0.717, 1.165) is 18.4 Å². The maximum Gasteiger partial charge on any atom is 0.243 e. The Labute approximate surface area is 199 Å². The maximum absolute atomic E-state index is 14.5. The first-order valence-electron chi connectivity index (χ1n) is 11.5. The Bertz CT molecular complexity index is 1150. The molecular formula is C24H30FN3O5S. The van der Waals surface area contributed by atoms with Crippen LogP contribution < -0.4 is 15.0 Å². The van der Waals surface area contributed by atoms with Gasteiger partial charge in [0.25, 0.3) is 0 Å². The van der Waals surface area contributed by atoms with Gasteiger partial charge >= 0.3 is 0 Å². The number of ether oxygens (including phenoxy) is 2. The van der Waals surface area contributed by atoms with Gasteiger partial charge in [0.15, 0.2) is 0 Å². The number of morpholine rings is 1. The first kappa shape index (κ1) is 24.4. The Balaban J connectivity index is 1.58. The van der Waals surface area contributed by atoms with Crippen LogP contribution in [0.3, 0.4) is 0 Å². The van der Waals surface area contributed by atoms with Crippen molar-refractivity contribution in [3.63, 3.8) is 0 Å². The minimum Gasteiger partial charge on any atom is -0.489 e. The summed E-state index contributed by atoms with van der Waals surface area (Å²) in [6.07, 6.45) is 1.40. The lowest BCUT2D eigenvalue weighted by molar-refractivity contribution is -0.115. The number of fused-ring (bicyclic) bond motifs is 1. The third-order valence-electron chi connectivity index (χ3n) is 5.79. The van der Waals surface area contributed by atoms with Gasteiger partial charge in [0.1, 0.15) is 11.6 Å². The lowest BCUT2D eigenvalue weighted by atomic mass is 10.0. The van der Waals surface area contributed by atoms with Gasteiger partial charge in [0, 0.05) is 19.6 Å². The number of nitrogens with one attached hydrogen (secondary N) is 1. The molecule has 0 unspecified atom stereocenters. The molecule has 1 amide bonds. The van der Waals surface area contributed by atoms with Gasteiger partial charge < -0.3 is 19.7 Å². The molecule has 2 aliphatic rings. The zero-order valence-corrected chi connectivity index (χ0v) is 20.2. The average molecular weight is 492 g/mol. The van der Waals surface area contributed by atoms with Gasteiger partial charge in [-0.3, -0.25) is 4.79 Å². The lowest BCUT2D eigenvalue weighted by Crippen LogP contribution is -2.40. The third kappa shape index (κ3) is 5.34. The average Bonchev–Trinajstić information content (AvgIpc) is 2.80. The third-order valence-corrected chi connectivity index (χ3v) is 7.69. The highest BCUT2D eigenvalue weighted by Crippen LogP contribution is 2.32. The van der Waals surface area contributed by atoms with Gasteiger partial charge in [-0.15, -0.1) is 0 Å². The second kappa shape index (κ2) is 10.3. The number of hydrogen-bond acceptors (Lipinski definition) is 6. The van der Waals surface area contributed by atoms with E-state index in [1.807, 2.05) is 19.9 Å². The van der Waals surface area contributed by atoms with E-state index in [-0.39, 0.29) is 48.0 Å². The molecule has 1 fully saturated rings. The molecule has 184 valence electrons. The van der Waals surface area contributed by atoms with Crippen LogP contribution >= 0.6 is 0 Å². The molecular weight excluding hydrogens is 461 g/mol. The van der Waals surface area contributed by atoms with Crippen LogP contribution in [0.5, 0.6) is 5.75 Å². The smallest absolute Gasteiger partial charge is 0.243 e. The highest BCUT2D eigenvalue weighted by molar-refractivity contribution is 7.89. The number of carbonyl (C=O) groups excluding carboxylic acids is 1. The number of benzene rings is 2. The van der Waals surface area contributed by atoms with E-state index in [0.29, 0.717) is 31.2 Å². The number of anilines is 2. The molecule has 2 heterocycles. The minimum atomic E-state index is -3.75. The predicted molar refractivity (Wildman–Crippen MR) is 127 cm³/mol. The van der Waals surface area contributed by atoms with E-state index in [4.69, 9.17) is 9.47 Å². The van der Waals surface area contributed by atoms with Gasteiger partial charge in [0.2, 0.25) is 15.9 Å². The van der Waals surface area contributed by atoms with E-state index in [9.17, 15) is 17.6 Å². The van der Waals surface area contributed by atoms with E-state index in [1.54, 1.807) is 17.0 Å². The number of aryl methyl sites for hydroxylation is 1. The summed E-state index contributed by atoms with van der Waals surface area (Å²) in [5.74, 6) is -0.368. The number of amides is 1. The molecule has 2 aliphatic heterocycles. The number of halogens is 1. The van der Waals surface area contributed by atoms with Crippen molar-refractivity contribution in [1.29, 1.82) is 0 Å². The van der Waals surface area contributed by atoms with Crippen molar-refractivity contribution in [2.45, 2.75) is 37.7 Å². The molecule has 4 rings (SSSR count). The molecule has 0 radical (unpaired) electrons. The standard InChI is InChI=1S/C24H30FN3O5S/c1-17(2)33-22-9-8-19(34(30,31)28-11-13-32-14-12-28)15-21(22)26-23(29)16-27-10-4-6-18-5-3-7-20(25)24(18)27/h3,5,7-9,15,17H,4,6,10-14,16H2,1-2H3,(H,26,29). The van der Waals surface area contributed by atoms with Crippen molar-refractivity contribution in [1.82, 2.24) is 4.31 Å². The normalized spacial score (nSPS) is 16.9. The summed E-state index contributed by atoms with van der Waals surface area (Å²) in [6.45, 7) is 5.41. The van der Waals surface area contributed by atoms with Crippen LogP contribution in [0.2, 0.25) is 0 Å². The molecule has 1 saturated heterocycles. The van der Waals surface area contributed by atoms with Gasteiger partial charge in [-0.25, -0.2) is 12.8 Å². The number of hydrogen-bond donors (Lipinski definition) is 1. The van der Waals surface area contributed by atoms with Crippen molar-refractivity contribution in [3.05, 3.63) is 47.8 Å². The first-order valence-corrected chi connectivity index (χ1v) is 12.9. The van der Waals surface area contributed by atoms with E-state index >= 15 is 0 Å². The Kier molecular flexibility index (Phi) is 7.39. The molecule has 0 aliphatic carbocycles. The van der Waals surface area contributed by atoms with Crippen molar-refractivity contribution < 1.29 is 27.1 Å². The van der Waals surface area contributed by atoms with Crippen molar-refractivity contribution in [2.24, 2.45) is 0 Å². The Morgan fingerprint density at radius 2 is 1.94 bits per heavy atom. The molecule has 2 aromatic carbocycles. The molecule has 0 aromatic heterocycles. The molecule has 8 nitrogen and oxygen atoms in total. The Morgan fingerprint density at radius 1 is 1.18 bits per heavy atom. The van der Waals surface area contributed by atoms with Crippen LogP contribution in [0.1, 0.15) is 25.8 Å². The van der Waals surface area contributed by atoms with Gasteiger partial charge in [-0.05, 0) is 56.5 Å². The quantitative estimate of drug-likeness (QED) is 0.641. The van der Waals surface area contributed by atoms with Crippen LogP contribution in [-0.4, -0.2) is 64.1 Å². The summed E-state index contributed by atoms with van der Waals surface area (Å²) in [6, 6.07) is 9.40. The first-order chi connectivity index (χ1) is 16.3. The van der Waals surface area contributed by atoms with Gasteiger partial charge in [0.05, 0.1) is 42.1 Å². The predicted octanol–water partition coefficient (Wildman–Crippen LogP) is 3.03. The molecule has 0 bridgehead atoms. The molecule has 0 spiro atoms. The van der Waals surface area contributed by atoms with Crippen molar-refractivity contribution in [2.75, 3.05) is 49.6 Å². The monoisotopic (exact) mass is 491 g/mol. The molecule has 1 N–H and O–H groups in total. The van der Waals surface area contributed by atoms with E-state index in [1.165, 1.54) is 22.5 Å². The van der Waals surface area contributed by atoms with Crippen molar-refractivity contribution in [3.8, 4) is 5.75 Å². The summed E-state index contributed by atoms with van der Waals surface area (Å²) in [4.78, 5) is 14.8. The lowest BCUT2D eigenvalue weighted by Gasteiger charge is -2.31. The van der Waals surface area contributed by atoms with E-state index in [2.05, 4.69) is 5.32 Å². The number of para-hydroxylation sites is 1. The van der Waals surface area contributed by atoms with Gasteiger partial charge in [-0.1, -0.05) is 12.1 Å². The molecule has 10 heteroatoms. The number of nitrogens with zero attached hydrogens (tertiary/aromatic N) is 2. The fourth-order valence-corrected chi connectivity index (χ4v) is 5.70. The number of rotatable bonds is 7. The zero-order chi connectivity index (χ0) is 24.3. The molecule has 0 saturated carbocycles. The van der Waals surface area contributed by atoms with Crippen LogP contribution in [0.4, 0.5) is 15.8 Å². The zero-order valence-electron chi connectivity index (χ0n) is 19.4. The van der Waals surface area contributed by atoms with Crippen molar-refractivity contribution >= 4 is 27.3 Å². The number of sulfonamides is 1. The molecule has 34 heavy (non-hydrogen) atoms. The second-order valence-corrected chi connectivity index (χ2v) is 10.6. The highest BCUT2D eigenvalue weighted by Gasteiger charge is 2.28. The Morgan fingerprint density at radius 3 is 2.68 bits per heavy atom. The highest BCUT2D eigenvalue weighted by atomic mass is 32.2. The topological polar surface area (TPSA) is 88.2 Å². The van der Waals surface area contributed by atoms with Crippen LogP contribution in [0.25, 0.3) is 0 Å². The number of carbonyl (C=O) groups is 1. The Hall–Kier alpha value is -2.69. The van der Waals surface area contributed by atoms with Crippen LogP contribution in [0.15, 0.2) is 41.3 Å². The summed E-state index contributed by atoms with van der Waals surface area (Å²) < 4.78 is 53.2. The van der Waals surface area contributed by atoms with Gasteiger partial charge in [-0.2, -0.15) is 4.31 Å². The summed E-state index contributed by atoms with van der Waals surface area (Å²) >= 11 is 0. The molecule has 0 atom stereocenters. The van der Waals surface area contributed by atoms with Crippen LogP contribution in [-0.2, 0) is 26.0 Å². The second-order valence-electron chi connectivity index (χ2n) is 8.66. The minimum absolute atomic E-state index is 0.0600. The fourth-order valence-electron chi connectivity index (χ4n) is 4.27. The molecule has 2 aromatic rings. The maximum atomic E-state index is 14.5. The summed E-state index contributed by atoms with van der Waals surface area (Å²) in [7, 11) is -3.75. The van der Waals surface area contributed by atoms with Crippen LogP contribution in [0, 0.1) is 5.82 Å².